The number of hydrogen-bond acceptors (Lipinski definition) is 6. The zero-order valence-electron chi connectivity index (χ0n) is 11.5. The lowest BCUT2D eigenvalue weighted by Crippen LogP contribution is -2.12. The highest BCUT2D eigenvalue weighted by Gasteiger charge is 2.05. The van der Waals surface area contributed by atoms with Crippen molar-refractivity contribution in [3.05, 3.63) is 24.0 Å². The second-order valence-electron chi connectivity index (χ2n) is 4.40. The molecular formula is C13H17N5O2. The molecule has 0 saturated heterocycles. The van der Waals surface area contributed by atoms with Crippen LogP contribution >= 0.6 is 0 Å². The van der Waals surface area contributed by atoms with Crippen molar-refractivity contribution in [2.45, 2.75) is 33.1 Å². The summed E-state index contributed by atoms with van der Waals surface area (Å²) in [5.41, 5.74) is 0. The van der Waals surface area contributed by atoms with Gasteiger partial charge >= 0.3 is 0 Å². The lowest BCUT2D eigenvalue weighted by Gasteiger charge is -2.04. The van der Waals surface area contributed by atoms with Gasteiger partial charge in [-0.15, -0.1) is 10.2 Å². The van der Waals surface area contributed by atoms with Crippen LogP contribution in [0.25, 0.3) is 0 Å². The first-order valence-electron chi connectivity index (χ1n) is 6.51. The van der Waals surface area contributed by atoms with Crippen molar-refractivity contribution < 1.29 is 9.32 Å². The monoisotopic (exact) mass is 275 g/mol. The van der Waals surface area contributed by atoms with Gasteiger partial charge in [-0.3, -0.25) is 4.79 Å². The molecule has 0 aliphatic carbocycles. The third kappa shape index (κ3) is 4.04. The summed E-state index contributed by atoms with van der Waals surface area (Å²) in [5.74, 6) is 2.20. The lowest BCUT2D eigenvalue weighted by molar-refractivity contribution is -0.116. The fourth-order valence-corrected chi connectivity index (χ4v) is 1.56. The summed E-state index contributed by atoms with van der Waals surface area (Å²) in [4.78, 5) is 11.5. The normalized spacial score (nSPS) is 10.3. The van der Waals surface area contributed by atoms with Gasteiger partial charge in [-0.1, -0.05) is 18.5 Å². The molecule has 7 nitrogen and oxygen atoms in total. The highest BCUT2D eigenvalue weighted by Crippen LogP contribution is 2.14. The van der Waals surface area contributed by atoms with Gasteiger partial charge in [-0.05, 0) is 25.5 Å². The molecule has 2 N–H and O–H groups in total. The Hall–Kier alpha value is -2.44. The molecule has 7 heteroatoms. The van der Waals surface area contributed by atoms with Gasteiger partial charge in [0.1, 0.15) is 5.76 Å². The van der Waals surface area contributed by atoms with Crippen LogP contribution in [0.1, 0.15) is 31.9 Å². The van der Waals surface area contributed by atoms with Crippen LogP contribution in [-0.4, -0.2) is 21.3 Å². The molecule has 2 aromatic heterocycles. The number of aryl methyl sites for hydroxylation is 1. The highest BCUT2D eigenvalue weighted by atomic mass is 16.5. The third-order valence-corrected chi connectivity index (χ3v) is 2.57. The molecule has 0 aliphatic heterocycles. The number of anilines is 3. The van der Waals surface area contributed by atoms with E-state index in [-0.39, 0.29) is 5.91 Å². The van der Waals surface area contributed by atoms with Crippen LogP contribution in [0.4, 0.5) is 17.5 Å². The van der Waals surface area contributed by atoms with Gasteiger partial charge in [0, 0.05) is 12.5 Å². The molecule has 20 heavy (non-hydrogen) atoms. The number of aromatic nitrogens is 3. The summed E-state index contributed by atoms with van der Waals surface area (Å²) in [6.45, 7) is 3.85. The van der Waals surface area contributed by atoms with E-state index in [4.69, 9.17) is 4.52 Å². The fourth-order valence-electron chi connectivity index (χ4n) is 1.56. The van der Waals surface area contributed by atoms with Gasteiger partial charge in [0.25, 0.3) is 0 Å². The lowest BCUT2D eigenvalue weighted by atomic mass is 10.2. The molecule has 0 aliphatic rings. The van der Waals surface area contributed by atoms with Gasteiger partial charge in [0.15, 0.2) is 17.5 Å². The van der Waals surface area contributed by atoms with Crippen LogP contribution < -0.4 is 10.6 Å². The molecule has 0 aromatic carbocycles. The smallest absolute Gasteiger partial charge is 0.225 e. The molecule has 0 atom stereocenters. The number of amides is 1. The zero-order chi connectivity index (χ0) is 14.4. The van der Waals surface area contributed by atoms with Crippen LogP contribution in [0.15, 0.2) is 22.7 Å². The second kappa shape index (κ2) is 6.65. The SMILES string of the molecule is CCCCC(=O)Nc1ccc(Nc2cc(C)on2)nn1. The average Bonchev–Trinajstić information content (AvgIpc) is 2.84. The Morgan fingerprint density at radius 1 is 1.25 bits per heavy atom. The molecule has 0 spiro atoms. The van der Waals surface area contributed by atoms with E-state index < -0.39 is 0 Å². The summed E-state index contributed by atoms with van der Waals surface area (Å²) < 4.78 is 4.93. The minimum Gasteiger partial charge on any atom is -0.360 e. The molecule has 2 heterocycles. The Kier molecular flexibility index (Phi) is 4.65. The van der Waals surface area contributed by atoms with Crippen molar-refractivity contribution in [1.29, 1.82) is 0 Å². The zero-order valence-corrected chi connectivity index (χ0v) is 11.5. The van der Waals surface area contributed by atoms with Crippen molar-refractivity contribution in [2.75, 3.05) is 10.6 Å². The van der Waals surface area contributed by atoms with Crippen LogP contribution in [0.2, 0.25) is 0 Å². The van der Waals surface area contributed by atoms with E-state index in [9.17, 15) is 4.79 Å². The first kappa shape index (κ1) is 14.0. The average molecular weight is 275 g/mol. The Morgan fingerprint density at radius 3 is 2.60 bits per heavy atom. The van der Waals surface area contributed by atoms with Crippen LogP contribution in [0.3, 0.4) is 0 Å². The van der Waals surface area contributed by atoms with Crippen LogP contribution in [0, 0.1) is 6.92 Å². The quantitative estimate of drug-likeness (QED) is 0.841. The summed E-state index contributed by atoms with van der Waals surface area (Å²) in [6.07, 6.45) is 2.35. The maximum atomic E-state index is 11.5. The largest absolute Gasteiger partial charge is 0.360 e. The molecule has 0 unspecified atom stereocenters. The molecule has 2 rings (SSSR count). The maximum absolute atomic E-state index is 11.5. The topological polar surface area (TPSA) is 92.9 Å². The van der Waals surface area contributed by atoms with Crippen molar-refractivity contribution >= 4 is 23.4 Å². The van der Waals surface area contributed by atoms with E-state index >= 15 is 0 Å². The van der Waals surface area contributed by atoms with Crippen molar-refractivity contribution in [1.82, 2.24) is 15.4 Å². The predicted octanol–water partition coefficient (Wildman–Crippen LogP) is 2.65. The second-order valence-corrected chi connectivity index (χ2v) is 4.40. The summed E-state index contributed by atoms with van der Waals surface area (Å²) in [7, 11) is 0. The van der Waals surface area contributed by atoms with Crippen molar-refractivity contribution in [2.24, 2.45) is 0 Å². The maximum Gasteiger partial charge on any atom is 0.225 e. The highest BCUT2D eigenvalue weighted by molar-refractivity contribution is 5.89. The Bertz CT molecular complexity index is 564. The van der Waals surface area contributed by atoms with Crippen LogP contribution in [0.5, 0.6) is 0 Å². The van der Waals surface area contributed by atoms with E-state index in [1.165, 1.54) is 0 Å². The molecule has 0 bridgehead atoms. The molecule has 106 valence electrons. The molecule has 0 radical (unpaired) electrons. The predicted molar refractivity (Wildman–Crippen MR) is 74.7 cm³/mol. The molecule has 0 saturated carbocycles. The van der Waals surface area contributed by atoms with E-state index in [1.807, 2.05) is 6.92 Å². The number of nitrogens with zero attached hydrogens (tertiary/aromatic N) is 3. The van der Waals surface area contributed by atoms with E-state index in [0.717, 1.165) is 12.8 Å². The minimum atomic E-state index is -0.0472. The van der Waals surface area contributed by atoms with Gasteiger partial charge in [0.05, 0.1) is 0 Å². The Labute approximate surface area is 116 Å². The van der Waals surface area contributed by atoms with E-state index in [0.29, 0.717) is 29.6 Å². The number of rotatable bonds is 6. The third-order valence-electron chi connectivity index (χ3n) is 2.57. The van der Waals surface area contributed by atoms with Crippen LogP contribution in [-0.2, 0) is 4.79 Å². The van der Waals surface area contributed by atoms with Gasteiger partial charge in [-0.25, -0.2) is 0 Å². The van der Waals surface area contributed by atoms with Gasteiger partial charge in [0.2, 0.25) is 5.91 Å². The minimum absolute atomic E-state index is 0.0472. The first-order chi connectivity index (χ1) is 9.67. The molecular weight excluding hydrogens is 258 g/mol. The number of hydrogen-bond donors (Lipinski definition) is 2. The number of carbonyl (C=O) groups is 1. The fraction of sp³-hybridized carbons (Fsp3) is 0.385. The molecule has 0 fully saturated rings. The number of nitrogens with one attached hydrogen (secondary N) is 2. The Morgan fingerprint density at radius 2 is 2.00 bits per heavy atom. The number of unbranched alkanes of at least 4 members (excludes halogenated alkanes) is 1. The standard InChI is InChI=1S/C13H17N5O2/c1-3-4-5-13(19)15-11-7-6-10(16-17-11)14-12-8-9(2)20-18-12/h6-8H,3-5H2,1-2H3,(H,14,16,18)(H,15,17,19). The molecule has 1 amide bonds. The summed E-state index contributed by atoms with van der Waals surface area (Å²) in [5, 5.41) is 17.3. The Balaban J connectivity index is 1.91. The summed E-state index contributed by atoms with van der Waals surface area (Å²) >= 11 is 0. The van der Waals surface area contributed by atoms with Crippen molar-refractivity contribution in [3.8, 4) is 0 Å². The summed E-state index contributed by atoms with van der Waals surface area (Å²) in [6, 6.07) is 5.15. The van der Waals surface area contributed by atoms with Crippen molar-refractivity contribution in [3.63, 3.8) is 0 Å². The van der Waals surface area contributed by atoms with Gasteiger partial charge < -0.3 is 15.2 Å². The first-order valence-corrected chi connectivity index (χ1v) is 6.51. The van der Waals surface area contributed by atoms with Gasteiger partial charge in [-0.2, -0.15) is 0 Å². The van der Waals surface area contributed by atoms with E-state index in [2.05, 4.69) is 26.0 Å². The van der Waals surface area contributed by atoms with E-state index in [1.54, 1.807) is 25.1 Å². The number of carbonyl (C=O) groups excluding carboxylic acids is 1. The molecule has 2 aromatic rings.